The predicted molar refractivity (Wildman–Crippen MR) is 61.3 cm³/mol. The molecule has 2 atom stereocenters. The monoisotopic (exact) mass is 221 g/mol. The molecule has 4 nitrogen and oxygen atoms in total. The van der Waals surface area contributed by atoms with Gasteiger partial charge in [-0.1, -0.05) is 0 Å². The summed E-state index contributed by atoms with van der Waals surface area (Å²) >= 11 is 0. The van der Waals surface area contributed by atoms with E-state index in [2.05, 4.69) is 28.7 Å². The van der Waals surface area contributed by atoms with E-state index in [1.165, 1.54) is 11.4 Å². The molecule has 1 N–H and O–H groups in total. The molecule has 0 amide bonds. The maximum Gasteiger partial charge on any atom is 0.0958 e. The van der Waals surface area contributed by atoms with Crippen LogP contribution in [0.5, 0.6) is 0 Å². The predicted octanol–water partition coefficient (Wildman–Crippen LogP) is 1.05. The second-order valence-electron chi connectivity index (χ2n) is 5.05. The molecule has 2 aliphatic rings. The molecule has 1 aromatic heterocycles. The van der Waals surface area contributed by atoms with Crippen LogP contribution in [0.3, 0.4) is 0 Å². The molecule has 16 heavy (non-hydrogen) atoms. The van der Waals surface area contributed by atoms with Crippen LogP contribution >= 0.6 is 0 Å². The summed E-state index contributed by atoms with van der Waals surface area (Å²) in [7, 11) is 0. The van der Waals surface area contributed by atoms with Crippen LogP contribution < -0.4 is 5.32 Å². The molecule has 0 aromatic carbocycles. The van der Waals surface area contributed by atoms with Crippen LogP contribution in [-0.4, -0.2) is 28.8 Å². The highest BCUT2D eigenvalue weighted by Crippen LogP contribution is 2.35. The fraction of sp³-hybridized carbons (Fsp3) is 0.750. The van der Waals surface area contributed by atoms with Gasteiger partial charge in [-0.3, -0.25) is 0 Å². The Hall–Kier alpha value is -0.870. The third kappa shape index (κ3) is 1.33. The number of imidazole rings is 1. The van der Waals surface area contributed by atoms with Crippen molar-refractivity contribution in [3.05, 3.63) is 17.7 Å². The Morgan fingerprint density at radius 3 is 3.25 bits per heavy atom. The summed E-state index contributed by atoms with van der Waals surface area (Å²) in [6.07, 6.45) is 4.45. The van der Waals surface area contributed by atoms with Crippen molar-refractivity contribution >= 4 is 0 Å². The minimum absolute atomic E-state index is 0.0952. The second-order valence-corrected chi connectivity index (χ2v) is 5.05. The topological polar surface area (TPSA) is 39.1 Å². The average Bonchev–Trinajstić information content (AvgIpc) is 2.85. The zero-order chi connectivity index (χ0) is 11.2. The van der Waals surface area contributed by atoms with Crippen molar-refractivity contribution in [1.29, 1.82) is 0 Å². The molecule has 1 aromatic rings. The largest absolute Gasteiger partial charge is 0.376 e. The molecular formula is C12H19N3O. The van der Waals surface area contributed by atoms with E-state index in [4.69, 9.17) is 4.74 Å². The normalized spacial score (nSPS) is 34.0. The van der Waals surface area contributed by atoms with E-state index in [1.807, 2.05) is 6.33 Å². The maximum absolute atomic E-state index is 5.72. The van der Waals surface area contributed by atoms with Crippen molar-refractivity contribution in [2.24, 2.45) is 0 Å². The standard InChI is InChI=1S/C12H19N3O/c1-9-12(2,4-6-16-9)15-8-14-10-7-13-5-3-11(10)15/h8-9,13H,3-7H2,1-2H3. The summed E-state index contributed by atoms with van der Waals surface area (Å²) in [5.74, 6) is 0. The number of nitrogens with zero attached hydrogens (tertiary/aromatic N) is 2. The Labute approximate surface area is 96.0 Å². The first-order chi connectivity index (χ1) is 7.72. The summed E-state index contributed by atoms with van der Waals surface area (Å²) in [6.45, 7) is 7.29. The first-order valence-electron chi connectivity index (χ1n) is 6.10. The third-order valence-corrected chi connectivity index (χ3v) is 4.19. The lowest BCUT2D eigenvalue weighted by Crippen LogP contribution is -2.39. The van der Waals surface area contributed by atoms with Gasteiger partial charge in [-0.2, -0.15) is 0 Å². The molecule has 0 saturated carbocycles. The first-order valence-corrected chi connectivity index (χ1v) is 6.10. The zero-order valence-corrected chi connectivity index (χ0v) is 9.99. The van der Waals surface area contributed by atoms with Crippen LogP contribution in [0, 0.1) is 0 Å². The molecule has 0 bridgehead atoms. The molecule has 2 aliphatic heterocycles. The maximum atomic E-state index is 5.72. The van der Waals surface area contributed by atoms with E-state index in [-0.39, 0.29) is 11.6 Å². The highest BCUT2D eigenvalue weighted by atomic mass is 16.5. The fourth-order valence-corrected chi connectivity index (χ4v) is 2.82. The Morgan fingerprint density at radius 1 is 1.62 bits per heavy atom. The molecule has 2 unspecified atom stereocenters. The smallest absolute Gasteiger partial charge is 0.0958 e. The van der Waals surface area contributed by atoms with Gasteiger partial charge in [0.25, 0.3) is 0 Å². The number of ether oxygens (including phenoxy) is 1. The highest BCUT2D eigenvalue weighted by Gasteiger charge is 2.40. The van der Waals surface area contributed by atoms with E-state index in [0.717, 1.165) is 32.5 Å². The molecule has 4 heteroatoms. The van der Waals surface area contributed by atoms with Crippen LogP contribution in [0.4, 0.5) is 0 Å². The Bertz CT molecular complexity index is 401. The lowest BCUT2D eigenvalue weighted by Gasteiger charge is -2.32. The van der Waals surface area contributed by atoms with E-state index in [1.54, 1.807) is 0 Å². The molecule has 0 spiro atoms. The van der Waals surface area contributed by atoms with Gasteiger partial charge in [0, 0.05) is 31.8 Å². The van der Waals surface area contributed by atoms with Crippen molar-refractivity contribution < 1.29 is 4.74 Å². The Kier molecular flexibility index (Phi) is 2.30. The minimum Gasteiger partial charge on any atom is -0.376 e. The van der Waals surface area contributed by atoms with Crippen molar-refractivity contribution in [3.63, 3.8) is 0 Å². The minimum atomic E-state index is 0.0952. The molecular weight excluding hydrogens is 202 g/mol. The molecule has 88 valence electrons. The number of hydrogen-bond acceptors (Lipinski definition) is 3. The molecule has 3 rings (SSSR count). The van der Waals surface area contributed by atoms with Gasteiger partial charge in [0.15, 0.2) is 0 Å². The summed E-state index contributed by atoms with van der Waals surface area (Å²) in [4.78, 5) is 4.53. The third-order valence-electron chi connectivity index (χ3n) is 4.19. The summed E-state index contributed by atoms with van der Waals surface area (Å²) in [5, 5.41) is 3.36. The summed E-state index contributed by atoms with van der Waals surface area (Å²) in [6, 6.07) is 0. The van der Waals surface area contributed by atoms with Gasteiger partial charge in [-0.05, 0) is 20.3 Å². The molecule has 1 saturated heterocycles. The lowest BCUT2D eigenvalue weighted by molar-refractivity contribution is 0.0747. The van der Waals surface area contributed by atoms with Crippen molar-refractivity contribution in [1.82, 2.24) is 14.9 Å². The number of hydrogen-bond donors (Lipinski definition) is 1. The van der Waals surface area contributed by atoms with Crippen molar-refractivity contribution in [3.8, 4) is 0 Å². The molecule has 0 aliphatic carbocycles. The van der Waals surface area contributed by atoms with Gasteiger partial charge < -0.3 is 14.6 Å². The van der Waals surface area contributed by atoms with Crippen LogP contribution in [0.15, 0.2) is 6.33 Å². The SMILES string of the molecule is CC1OCCC1(C)n1cnc2c1CCNC2. The number of fused-ring (bicyclic) bond motifs is 1. The quantitative estimate of drug-likeness (QED) is 0.770. The van der Waals surface area contributed by atoms with Crippen LogP contribution in [0.1, 0.15) is 31.7 Å². The Balaban J connectivity index is 2.03. The van der Waals surface area contributed by atoms with Gasteiger partial charge in [-0.15, -0.1) is 0 Å². The first kappa shape index (κ1) is 10.3. The van der Waals surface area contributed by atoms with E-state index >= 15 is 0 Å². The van der Waals surface area contributed by atoms with Crippen LogP contribution in [0.25, 0.3) is 0 Å². The van der Waals surface area contributed by atoms with Crippen LogP contribution in [-0.2, 0) is 23.2 Å². The van der Waals surface area contributed by atoms with Gasteiger partial charge in [0.1, 0.15) is 0 Å². The summed E-state index contributed by atoms with van der Waals surface area (Å²) < 4.78 is 8.08. The lowest BCUT2D eigenvalue weighted by atomic mass is 9.93. The van der Waals surface area contributed by atoms with Gasteiger partial charge in [0.2, 0.25) is 0 Å². The summed E-state index contributed by atoms with van der Waals surface area (Å²) in [5.41, 5.74) is 2.71. The highest BCUT2D eigenvalue weighted by molar-refractivity contribution is 5.19. The molecule has 0 radical (unpaired) electrons. The number of nitrogens with one attached hydrogen (secondary N) is 1. The van der Waals surface area contributed by atoms with Gasteiger partial charge >= 0.3 is 0 Å². The average molecular weight is 221 g/mol. The van der Waals surface area contributed by atoms with Crippen molar-refractivity contribution in [2.45, 2.75) is 44.9 Å². The van der Waals surface area contributed by atoms with E-state index < -0.39 is 0 Å². The second kappa shape index (κ2) is 3.57. The molecule has 3 heterocycles. The zero-order valence-electron chi connectivity index (χ0n) is 9.99. The fourth-order valence-electron chi connectivity index (χ4n) is 2.82. The van der Waals surface area contributed by atoms with E-state index in [9.17, 15) is 0 Å². The van der Waals surface area contributed by atoms with Crippen molar-refractivity contribution in [2.75, 3.05) is 13.2 Å². The number of aromatic nitrogens is 2. The van der Waals surface area contributed by atoms with Crippen LogP contribution in [0.2, 0.25) is 0 Å². The Morgan fingerprint density at radius 2 is 2.50 bits per heavy atom. The number of rotatable bonds is 1. The van der Waals surface area contributed by atoms with E-state index in [0.29, 0.717) is 0 Å². The van der Waals surface area contributed by atoms with Gasteiger partial charge in [-0.25, -0.2) is 4.98 Å². The van der Waals surface area contributed by atoms with Gasteiger partial charge in [0.05, 0.1) is 23.7 Å². The molecule has 1 fully saturated rings.